The van der Waals surface area contributed by atoms with Crippen molar-refractivity contribution in [3.8, 4) is 0 Å². The van der Waals surface area contributed by atoms with Crippen molar-refractivity contribution < 1.29 is 39.2 Å². The van der Waals surface area contributed by atoms with Crippen LogP contribution in [0.3, 0.4) is 0 Å². The average Bonchev–Trinajstić information content (AvgIpc) is 3.24. The van der Waals surface area contributed by atoms with Gasteiger partial charge >= 0.3 is 6.09 Å². The molecule has 0 spiro atoms. The Morgan fingerprint density at radius 2 is 2.06 bits per heavy atom. The highest BCUT2D eigenvalue weighted by Gasteiger charge is 2.49. The maximum atomic E-state index is 12.6. The fourth-order valence-electron chi connectivity index (χ4n) is 4.30. The zero-order chi connectivity index (χ0) is 25.7. The van der Waals surface area contributed by atoms with E-state index >= 15 is 0 Å². The molecule has 3 fully saturated rings. The van der Waals surface area contributed by atoms with Gasteiger partial charge in [-0.2, -0.15) is 0 Å². The van der Waals surface area contributed by atoms with Gasteiger partial charge in [0.25, 0.3) is 0 Å². The maximum Gasteiger partial charge on any atom is 0.404 e. The van der Waals surface area contributed by atoms with E-state index in [-0.39, 0.29) is 24.8 Å². The van der Waals surface area contributed by atoms with Crippen molar-refractivity contribution >= 4 is 23.9 Å². The van der Waals surface area contributed by atoms with Gasteiger partial charge in [0, 0.05) is 19.0 Å². The van der Waals surface area contributed by atoms with Crippen LogP contribution in [0.5, 0.6) is 0 Å². The standard InChI is InChI=1S/C19H34N8O8/c20-3-1-2-7(21)4-10(30)24-13-14(31)15(35-18(22)33)9(6-28)34-17(13)27-19-25-11-8(29)5-23-16(32)12(11)26-19/h7-9,11-15,17,28-29,31H,1-6,20-21H2,(H2,22,33)(H,23,32)(H,24,30)(H2,25,26,27). The summed E-state index contributed by atoms with van der Waals surface area (Å²) in [6.45, 7) is -0.176. The second-order valence-corrected chi connectivity index (χ2v) is 8.71. The predicted molar refractivity (Wildman–Crippen MR) is 119 cm³/mol. The lowest BCUT2D eigenvalue weighted by atomic mass is 9.95. The first-order valence-electron chi connectivity index (χ1n) is 11.4. The van der Waals surface area contributed by atoms with Crippen LogP contribution in [0.2, 0.25) is 0 Å². The third kappa shape index (κ3) is 6.47. The van der Waals surface area contributed by atoms with Gasteiger partial charge in [0.05, 0.1) is 18.8 Å². The topological polar surface area (TPSA) is 269 Å². The normalized spacial score (nSPS) is 36.4. The molecule has 16 heteroatoms. The minimum Gasteiger partial charge on any atom is -0.441 e. The lowest BCUT2D eigenvalue weighted by Gasteiger charge is -2.42. The molecule has 0 aromatic carbocycles. The number of aliphatic hydroxyl groups excluding tert-OH is 3. The molecule has 0 saturated carbocycles. The predicted octanol–water partition coefficient (Wildman–Crippen LogP) is -5.75. The number of ether oxygens (including phenoxy) is 2. The van der Waals surface area contributed by atoms with E-state index in [1.807, 2.05) is 0 Å². The number of primary amides is 1. The van der Waals surface area contributed by atoms with Crippen LogP contribution in [0, 0.1) is 0 Å². The van der Waals surface area contributed by atoms with Crippen molar-refractivity contribution in [3.05, 3.63) is 0 Å². The van der Waals surface area contributed by atoms with Crippen LogP contribution in [0.15, 0.2) is 4.99 Å². The third-order valence-electron chi connectivity index (χ3n) is 6.07. The van der Waals surface area contributed by atoms with Crippen molar-refractivity contribution in [2.75, 3.05) is 19.7 Å². The van der Waals surface area contributed by atoms with E-state index in [1.165, 1.54) is 0 Å². The molecule has 198 valence electrons. The van der Waals surface area contributed by atoms with Gasteiger partial charge in [-0.05, 0) is 19.4 Å². The van der Waals surface area contributed by atoms with E-state index in [2.05, 4.69) is 26.3 Å². The van der Waals surface area contributed by atoms with Gasteiger partial charge in [0.15, 0.2) is 18.3 Å². The Kier molecular flexibility index (Phi) is 9.03. The lowest BCUT2D eigenvalue weighted by Crippen LogP contribution is -2.65. The molecule has 3 saturated heterocycles. The van der Waals surface area contributed by atoms with Crippen LogP contribution >= 0.6 is 0 Å². The van der Waals surface area contributed by atoms with Gasteiger partial charge in [-0.1, -0.05) is 0 Å². The first kappa shape index (κ1) is 26.8. The summed E-state index contributed by atoms with van der Waals surface area (Å²) in [5, 5.41) is 41.7. The third-order valence-corrected chi connectivity index (χ3v) is 6.07. The van der Waals surface area contributed by atoms with Crippen LogP contribution < -0.4 is 38.5 Å². The summed E-state index contributed by atoms with van der Waals surface area (Å²) >= 11 is 0. The molecule has 35 heavy (non-hydrogen) atoms. The smallest absolute Gasteiger partial charge is 0.404 e. The Morgan fingerprint density at radius 1 is 1.31 bits per heavy atom. The van der Waals surface area contributed by atoms with E-state index in [1.54, 1.807) is 0 Å². The number of hydrogen-bond donors (Lipinski definition) is 10. The number of β-amino-alcohol motifs (C(OH)–C–C–N with tert-alkyl or cyclic N) is 1. The van der Waals surface area contributed by atoms with Gasteiger partial charge in [0.2, 0.25) is 11.8 Å². The van der Waals surface area contributed by atoms with Crippen molar-refractivity contribution in [3.63, 3.8) is 0 Å². The molecule has 3 aliphatic rings. The Morgan fingerprint density at radius 3 is 2.69 bits per heavy atom. The van der Waals surface area contributed by atoms with Gasteiger partial charge in [-0.3, -0.25) is 9.59 Å². The quantitative estimate of drug-likeness (QED) is 0.141. The molecule has 0 aromatic heterocycles. The highest BCUT2D eigenvalue weighted by molar-refractivity contribution is 5.94. The molecule has 13 N–H and O–H groups in total. The minimum absolute atomic E-state index is 0.0580. The lowest BCUT2D eigenvalue weighted by molar-refractivity contribution is -0.192. The second kappa shape index (κ2) is 11.8. The average molecular weight is 503 g/mol. The summed E-state index contributed by atoms with van der Waals surface area (Å²) in [4.78, 5) is 40.4. The van der Waals surface area contributed by atoms with Crippen LogP contribution in [-0.4, -0.2) is 114 Å². The zero-order valence-electron chi connectivity index (χ0n) is 19.0. The number of nitrogens with two attached hydrogens (primary N) is 3. The summed E-state index contributed by atoms with van der Waals surface area (Å²) in [7, 11) is 0. The summed E-state index contributed by atoms with van der Waals surface area (Å²) in [6, 6.07) is -3.19. The molecule has 3 rings (SSSR count). The number of guanidine groups is 1. The molecule has 9 unspecified atom stereocenters. The Hall–Kier alpha value is -2.76. The maximum absolute atomic E-state index is 12.6. The van der Waals surface area contributed by atoms with Crippen molar-refractivity contribution in [1.29, 1.82) is 0 Å². The van der Waals surface area contributed by atoms with Crippen LogP contribution in [0.4, 0.5) is 4.79 Å². The summed E-state index contributed by atoms with van der Waals surface area (Å²) in [5.41, 5.74) is 16.5. The van der Waals surface area contributed by atoms with Crippen molar-refractivity contribution in [2.24, 2.45) is 22.2 Å². The molecular formula is C19H34N8O8. The summed E-state index contributed by atoms with van der Waals surface area (Å²) in [6.07, 6.45) is -6.50. The number of aliphatic hydroxyl groups is 3. The van der Waals surface area contributed by atoms with E-state index in [9.17, 15) is 29.7 Å². The van der Waals surface area contributed by atoms with Crippen LogP contribution in [-0.2, 0) is 19.1 Å². The van der Waals surface area contributed by atoms with Crippen molar-refractivity contribution in [2.45, 2.75) is 74.1 Å². The Bertz CT molecular complexity index is 816. The van der Waals surface area contributed by atoms with Gasteiger partial charge in [0.1, 0.15) is 24.3 Å². The SMILES string of the molecule is NCCCC(N)CC(=O)NC1C(/N=C2/NC3C(=O)NCC(O)C3N2)OC(CO)C(OC(N)=O)C1O. The van der Waals surface area contributed by atoms with E-state index < -0.39 is 73.4 Å². The summed E-state index contributed by atoms with van der Waals surface area (Å²) < 4.78 is 10.7. The number of nitrogens with one attached hydrogen (secondary N) is 4. The number of hydrogen-bond acceptors (Lipinski definition) is 11. The number of amides is 3. The van der Waals surface area contributed by atoms with Crippen LogP contribution in [0.25, 0.3) is 0 Å². The van der Waals surface area contributed by atoms with Crippen molar-refractivity contribution in [1.82, 2.24) is 21.3 Å². The molecule has 0 aliphatic carbocycles. The van der Waals surface area contributed by atoms with Gasteiger partial charge in [-0.15, -0.1) is 0 Å². The highest BCUT2D eigenvalue weighted by atomic mass is 16.6. The number of piperidine rings is 1. The Labute approximate surface area is 200 Å². The van der Waals surface area contributed by atoms with E-state index in [0.29, 0.717) is 19.4 Å². The van der Waals surface area contributed by atoms with Gasteiger partial charge in [-0.25, -0.2) is 9.79 Å². The minimum atomic E-state index is -1.57. The number of fused-ring (bicyclic) bond motifs is 1. The number of rotatable bonds is 9. The highest BCUT2D eigenvalue weighted by Crippen LogP contribution is 2.25. The molecule has 16 nitrogen and oxygen atoms in total. The van der Waals surface area contributed by atoms with Gasteiger partial charge < -0.3 is 63.3 Å². The number of carbonyl (C=O) groups excluding carboxylic acids is 3. The molecule has 0 radical (unpaired) electrons. The summed E-state index contributed by atoms with van der Waals surface area (Å²) in [5.74, 6) is -0.802. The number of nitrogens with zero attached hydrogens (tertiary/aromatic N) is 1. The molecule has 3 heterocycles. The zero-order valence-corrected chi connectivity index (χ0v) is 19.0. The Balaban J connectivity index is 1.80. The molecule has 3 amide bonds. The monoisotopic (exact) mass is 502 g/mol. The fraction of sp³-hybridized carbons (Fsp3) is 0.789. The molecular weight excluding hydrogens is 468 g/mol. The van der Waals surface area contributed by atoms with E-state index in [4.69, 9.17) is 26.7 Å². The first-order chi connectivity index (χ1) is 16.6. The number of aliphatic imine (C=N–C) groups is 1. The molecule has 9 atom stereocenters. The largest absolute Gasteiger partial charge is 0.441 e. The fourth-order valence-corrected chi connectivity index (χ4v) is 4.30. The van der Waals surface area contributed by atoms with Crippen LogP contribution in [0.1, 0.15) is 19.3 Å². The first-order valence-corrected chi connectivity index (χ1v) is 11.4. The molecule has 0 aromatic rings. The number of carbonyl (C=O) groups is 3. The van der Waals surface area contributed by atoms with E-state index in [0.717, 1.165) is 0 Å². The molecule has 0 bridgehead atoms. The molecule has 3 aliphatic heterocycles. The second-order valence-electron chi connectivity index (χ2n) is 8.71.